The first-order valence-electron chi connectivity index (χ1n) is 10.5. The van der Waals surface area contributed by atoms with E-state index in [2.05, 4.69) is 51.3 Å². The molecule has 0 unspecified atom stereocenters. The van der Waals surface area contributed by atoms with Crippen LogP contribution in [0.15, 0.2) is 41.1 Å². The average Bonchev–Trinajstić information content (AvgIpc) is 3.34. The van der Waals surface area contributed by atoms with E-state index in [9.17, 15) is 0 Å². The van der Waals surface area contributed by atoms with Gasteiger partial charge in [-0.15, -0.1) is 0 Å². The fourth-order valence-electron chi connectivity index (χ4n) is 4.29. The van der Waals surface area contributed by atoms with Crippen molar-refractivity contribution in [3.8, 4) is 17.1 Å². The Morgan fingerprint density at radius 3 is 2.78 bits per heavy atom. The van der Waals surface area contributed by atoms with Crippen molar-refractivity contribution in [2.24, 2.45) is 7.05 Å². The van der Waals surface area contributed by atoms with Crippen LogP contribution < -0.4 is 9.64 Å². The number of aromatic nitrogens is 5. The van der Waals surface area contributed by atoms with Crippen molar-refractivity contribution >= 4 is 44.4 Å². The van der Waals surface area contributed by atoms with Crippen LogP contribution in [0.3, 0.4) is 0 Å². The van der Waals surface area contributed by atoms with Gasteiger partial charge in [0.05, 0.1) is 28.3 Å². The molecular formula is C23H24BrClN6O. The minimum absolute atomic E-state index is 0.109. The Labute approximate surface area is 200 Å². The van der Waals surface area contributed by atoms with Crippen molar-refractivity contribution in [2.45, 2.75) is 32.9 Å². The van der Waals surface area contributed by atoms with E-state index >= 15 is 0 Å². The summed E-state index contributed by atoms with van der Waals surface area (Å²) in [6.07, 6.45) is 3.80. The van der Waals surface area contributed by atoms with Crippen LogP contribution in [-0.4, -0.2) is 43.0 Å². The number of rotatable bonds is 4. The molecule has 0 bridgehead atoms. The number of aryl methyl sites for hydroxylation is 1. The second-order valence-corrected chi connectivity index (χ2v) is 9.85. The highest BCUT2D eigenvalue weighted by molar-refractivity contribution is 9.10. The molecule has 9 heteroatoms. The zero-order valence-electron chi connectivity index (χ0n) is 18.4. The molecule has 0 radical (unpaired) electrons. The van der Waals surface area contributed by atoms with Crippen LogP contribution in [0.1, 0.15) is 26.5 Å². The Balaban J connectivity index is 1.67. The predicted octanol–water partition coefficient (Wildman–Crippen LogP) is 5.29. The van der Waals surface area contributed by atoms with Gasteiger partial charge in [0.15, 0.2) is 11.6 Å². The van der Waals surface area contributed by atoms with Crippen LogP contribution >= 0.6 is 27.5 Å². The number of fused-ring (bicyclic) bond motifs is 2. The average molecular weight is 516 g/mol. The molecular weight excluding hydrogens is 492 g/mol. The molecule has 0 saturated carbocycles. The van der Waals surface area contributed by atoms with E-state index in [0.717, 1.165) is 50.7 Å². The van der Waals surface area contributed by atoms with Crippen molar-refractivity contribution in [3.63, 3.8) is 0 Å². The number of likely N-dealkylation sites (N-methyl/N-ethyl adjacent to an activating group) is 1. The normalized spacial score (nSPS) is 15.1. The Morgan fingerprint density at radius 1 is 1.25 bits per heavy atom. The fraction of sp³-hybridized carbons (Fsp3) is 0.348. The lowest BCUT2D eigenvalue weighted by atomic mass is 10.0. The molecule has 32 heavy (non-hydrogen) atoms. The Morgan fingerprint density at radius 2 is 2.06 bits per heavy atom. The number of halogens is 2. The molecule has 0 atom stereocenters. The number of hydrogen-bond donors (Lipinski definition) is 0. The van der Waals surface area contributed by atoms with E-state index in [4.69, 9.17) is 26.3 Å². The van der Waals surface area contributed by atoms with Gasteiger partial charge in [0.2, 0.25) is 0 Å². The van der Waals surface area contributed by atoms with Crippen molar-refractivity contribution < 1.29 is 4.74 Å². The van der Waals surface area contributed by atoms with Crippen molar-refractivity contribution in [2.75, 3.05) is 18.1 Å². The van der Waals surface area contributed by atoms with Gasteiger partial charge < -0.3 is 14.2 Å². The molecule has 3 aromatic heterocycles. The lowest BCUT2D eigenvalue weighted by molar-refractivity contribution is 0.211. The number of nitrogens with zero attached hydrogens (tertiary/aromatic N) is 6. The first kappa shape index (κ1) is 21.3. The largest absolute Gasteiger partial charge is 0.487 e. The van der Waals surface area contributed by atoms with Crippen molar-refractivity contribution in [3.05, 3.63) is 51.8 Å². The van der Waals surface area contributed by atoms with Crippen LogP contribution in [0.4, 0.5) is 5.82 Å². The third-order valence-electron chi connectivity index (χ3n) is 5.88. The highest BCUT2D eigenvalue weighted by Crippen LogP contribution is 2.40. The molecule has 0 amide bonds. The van der Waals surface area contributed by atoms with Crippen molar-refractivity contribution in [1.29, 1.82) is 0 Å². The van der Waals surface area contributed by atoms with E-state index in [0.29, 0.717) is 18.2 Å². The van der Waals surface area contributed by atoms with Gasteiger partial charge in [-0.25, -0.2) is 9.97 Å². The minimum Gasteiger partial charge on any atom is -0.487 e. The maximum atomic E-state index is 6.60. The molecule has 166 valence electrons. The molecule has 4 aromatic rings. The maximum Gasteiger partial charge on any atom is 0.171 e. The van der Waals surface area contributed by atoms with Gasteiger partial charge in [-0.3, -0.25) is 4.68 Å². The summed E-state index contributed by atoms with van der Waals surface area (Å²) in [5.74, 6) is 2.41. The number of benzene rings is 1. The summed E-state index contributed by atoms with van der Waals surface area (Å²) in [5.41, 5.74) is 3.38. The minimum atomic E-state index is -0.109. The number of hydrogen-bond acceptors (Lipinski definition) is 5. The third-order valence-corrected chi connectivity index (χ3v) is 7.15. The summed E-state index contributed by atoms with van der Waals surface area (Å²) in [4.78, 5) is 12.0. The van der Waals surface area contributed by atoms with Gasteiger partial charge in [0, 0.05) is 36.0 Å². The predicted molar refractivity (Wildman–Crippen MR) is 131 cm³/mol. The first-order chi connectivity index (χ1) is 15.3. The van der Waals surface area contributed by atoms with Crippen LogP contribution in [0.5, 0.6) is 5.75 Å². The zero-order valence-corrected chi connectivity index (χ0v) is 20.8. The topological polar surface area (TPSA) is 61.0 Å². The Kier molecular flexibility index (Phi) is 5.17. The van der Waals surface area contributed by atoms with Gasteiger partial charge in [-0.2, -0.15) is 5.10 Å². The van der Waals surface area contributed by atoms with Gasteiger partial charge in [0.25, 0.3) is 0 Å². The fourth-order valence-corrected chi connectivity index (χ4v) is 4.81. The second kappa shape index (κ2) is 7.78. The lowest BCUT2D eigenvalue weighted by Crippen LogP contribution is -2.51. The highest BCUT2D eigenvalue weighted by Gasteiger charge is 2.34. The van der Waals surface area contributed by atoms with Gasteiger partial charge in [0.1, 0.15) is 17.9 Å². The highest BCUT2D eigenvalue weighted by atomic mass is 79.9. The van der Waals surface area contributed by atoms with Crippen LogP contribution in [0.25, 0.3) is 22.4 Å². The lowest BCUT2D eigenvalue weighted by Gasteiger charge is -2.43. The summed E-state index contributed by atoms with van der Waals surface area (Å²) in [6.45, 7) is 8.50. The van der Waals surface area contributed by atoms with E-state index < -0.39 is 0 Å². The molecule has 1 aliphatic rings. The quantitative estimate of drug-likeness (QED) is 0.369. The molecule has 7 nitrogen and oxygen atoms in total. The first-order valence-corrected chi connectivity index (χ1v) is 11.7. The zero-order chi connectivity index (χ0) is 22.6. The summed E-state index contributed by atoms with van der Waals surface area (Å²) in [7, 11) is 1.91. The molecule has 0 fully saturated rings. The molecule has 0 saturated heterocycles. The Hall–Kier alpha value is -2.58. The third kappa shape index (κ3) is 3.46. The Bertz CT molecular complexity index is 1330. The van der Waals surface area contributed by atoms with Crippen LogP contribution in [-0.2, 0) is 13.6 Å². The van der Waals surface area contributed by atoms with E-state index in [1.165, 1.54) is 0 Å². The van der Waals surface area contributed by atoms with E-state index in [1.807, 2.05) is 43.7 Å². The van der Waals surface area contributed by atoms with Gasteiger partial charge in [-0.1, -0.05) is 11.6 Å². The maximum absolute atomic E-state index is 6.60. The molecule has 4 heterocycles. The SMILES string of the molecule is CCN1c2ncc(-c3nc4c(Cl)c(Br)ccc4n3Cc3ccn(C)n3)cc2OCC1(C)C. The molecule has 0 spiro atoms. The molecule has 5 rings (SSSR count). The summed E-state index contributed by atoms with van der Waals surface area (Å²) >= 11 is 10.1. The standard InChI is InChI=1S/C23H24BrClN6O/c1-5-31-22-18(32-13-23(31,2)3)10-14(11-26-22)21-27-20-17(7-6-16(24)19(20)25)30(21)12-15-8-9-29(4)28-15/h6-11H,5,12-13H2,1-4H3. The molecule has 1 aromatic carbocycles. The number of pyridine rings is 1. The summed E-state index contributed by atoms with van der Waals surface area (Å²) in [6, 6.07) is 8.00. The second-order valence-electron chi connectivity index (χ2n) is 8.62. The van der Waals surface area contributed by atoms with E-state index in [1.54, 1.807) is 4.68 Å². The monoisotopic (exact) mass is 514 g/mol. The molecule has 1 aliphatic heterocycles. The van der Waals surface area contributed by atoms with Crippen LogP contribution in [0.2, 0.25) is 5.02 Å². The number of ether oxygens (including phenoxy) is 1. The summed E-state index contributed by atoms with van der Waals surface area (Å²) < 4.78 is 10.9. The molecule has 0 N–H and O–H groups in total. The van der Waals surface area contributed by atoms with E-state index in [-0.39, 0.29) is 5.54 Å². The number of anilines is 1. The summed E-state index contributed by atoms with van der Waals surface area (Å²) in [5, 5.41) is 5.14. The van der Waals surface area contributed by atoms with Crippen LogP contribution in [0, 0.1) is 0 Å². The van der Waals surface area contributed by atoms with Gasteiger partial charge >= 0.3 is 0 Å². The molecule has 0 aliphatic carbocycles. The van der Waals surface area contributed by atoms with Gasteiger partial charge in [-0.05, 0) is 61.0 Å². The van der Waals surface area contributed by atoms with Crippen molar-refractivity contribution in [1.82, 2.24) is 24.3 Å². The number of imidazole rings is 1. The smallest absolute Gasteiger partial charge is 0.171 e.